The van der Waals surface area contributed by atoms with E-state index < -0.39 is 0 Å². The molecule has 2 aromatic rings. The predicted octanol–water partition coefficient (Wildman–Crippen LogP) is 3.87. The Morgan fingerprint density at radius 3 is 2.95 bits per heavy atom. The van der Waals surface area contributed by atoms with Crippen LogP contribution < -0.4 is 5.32 Å². The van der Waals surface area contributed by atoms with Gasteiger partial charge in [-0.15, -0.1) is 11.3 Å². The van der Waals surface area contributed by atoms with Crippen LogP contribution in [0.4, 0.5) is 5.00 Å². The average molecular weight is 318 g/mol. The van der Waals surface area contributed by atoms with Gasteiger partial charge in [-0.2, -0.15) is 5.26 Å². The molecule has 0 bridgehead atoms. The lowest BCUT2D eigenvalue weighted by molar-refractivity contribution is 0.249. The highest BCUT2D eigenvalue weighted by Crippen LogP contribution is 2.36. The topological polar surface area (TPSA) is 39.1 Å². The summed E-state index contributed by atoms with van der Waals surface area (Å²) in [7, 11) is 1.87. The van der Waals surface area contributed by atoms with Crippen molar-refractivity contribution in [3.05, 3.63) is 50.9 Å². The molecule has 1 N–H and O–H groups in total. The molecule has 0 radical (unpaired) electrons. The molecular formula is C16H16ClN3S. The van der Waals surface area contributed by atoms with Gasteiger partial charge in [0.25, 0.3) is 0 Å². The Kier molecular flexibility index (Phi) is 4.16. The number of nitrogens with zero attached hydrogens (tertiary/aromatic N) is 2. The van der Waals surface area contributed by atoms with Crippen LogP contribution in [0, 0.1) is 11.3 Å². The Labute approximate surface area is 133 Å². The van der Waals surface area contributed by atoms with Crippen LogP contribution in [0.15, 0.2) is 24.3 Å². The van der Waals surface area contributed by atoms with E-state index >= 15 is 0 Å². The van der Waals surface area contributed by atoms with Crippen LogP contribution in [0.2, 0.25) is 5.02 Å². The van der Waals surface area contributed by atoms with Gasteiger partial charge >= 0.3 is 0 Å². The summed E-state index contributed by atoms with van der Waals surface area (Å²) in [5, 5.41) is 14.3. The maximum Gasteiger partial charge on any atom is 0.107 e. The van der Waals surface area contributed by atoms with Crippen molar-refractivity contribution in [2.45, 2.75) is 19.5 Å². The molecule has 0 fully saturated rings. The van der Waals surface area contributed by atoms with E-state index in [2.05, 4.69) is 22.4 Å². The second kappa shape index (κ2) is 6.07. The Morgan fingerprint density at radius 1 is 1.43 bits per heavy atom. The first-order valence-corrected chi connectivity index (χ1v) is 8.10. The van der Waals surface area contributed by atoms with Crippen LogP contribution in [-0.4, -0.2) is 18.5 Å². The van der Waals surface area contributed by atoms with E-state index in [0.29, 0.717) is 0 Å². The summed E-state index contributed by atoms with van der Waals surface area (Å²) in [6, 6.07) is 10.3. The largest absolute Gasteiger partial charge is 0.379 e. The van der Waals surface area contributed by atoms with Gasteiger partial charge in [0.2, 0.25) is 0 Å². The third kappa shape index (κ3) is 2.77. The highest BCUT2D eigenvalue weighted by molar-refractivity contribution is 7.16. The Bertz CT molecular complexity index is 702. The van der Waals surface area contributed by atoms with Crippen LogP contribution in [0.25, 0.3) is 0 Å². The number of fused-ring (bicyclic) bond motifs is 1. The smallest absolute Gasteiger partial charge is 0.107 e. The van der Waals surface area contributed by atoms with Crippen LogP contribution in [0.1, 0.15) is 21.6 Å². The Morgan fingerprint density at radius 2 is 2.24 bits per heavy atom. The van der Waals surface area contributed by atoms with Crippen LogP contribution in [-0.2, 0) is 19.5 Å². The van der Waals surface area contributed by atoms with Gasteiger partial charge < -0.3 is 5.32 Å². The fourth-order valence-electron chi connectivity index (χ4n) is 2.75. The first kappa shape index (κ1) is 14.4. The second-order valence-corrected chi connectivity index (χ2v) is 6.63. The normalized spacial score (nSPS) is 14.5. The highest BCUT2D eigenvalue weighted by atomic mass is 35.5. The monoisotopic (exact) mass is 317 g/mol. The SMILES string of the molecule is CNc1sc2c(c1C#N)CCN(Cc1ccccc1Cl)C2. The molecule has 0 aliphatic carbocycles. The van der Waals surface area contributed by atoms with Gasteiger partial charge in [-0.25, -0.2) is 0 Å². The van der Waals surface area contributed by atoms with E-state index in [1.54, 1.807) is 11.3 Å². The standard InChI is InChI=1S/C16H16ClN3S/c1-19-16-13(8-18)12-6-7-20(10-15(12)21-16)9-11-4-2-3-5-14(11)17/h2-5,19H,6-7,9-10H2,1H3. The summed E-state index contributed by atoms with van der Waals surface area (Å²) in [6.45, 7) is 2.71. The van der Waals surface area contributed by atoms with E-state index in [1.165, 1.54) is 10.4 Å². The minimum Gasteiger partial charge on any atom is -0.379 e. The molecule has 0 amide bonds. The molecule has 0 atom stereocenters. The fraction of sp³-hybridized carbons (Fsp3) is 0.312. The number of rotatable bonds is 3. The summed E-state index contributed by atoms with van der Waals surface area (Å²) >= 11 is 7.94. The maximum atomic E-state index is 9.32. The summed E-state index contributed by atoms with van der Waals surface area (Å²) in [4.78, 5) is 3.69. The van der Waals surface area contributed by atoms with E-state index in [-0.39, 0.29) is 0 Å². The van der Waals surface area contributed by atoms with Crippen molar-refractivity contribution in [3.8, 4) is 6.07 Å². The highest BCUT2D eigenvalue weighted by Gasteiger charge is 2.24. The molecule has 1 aromatic heterocycles. The van der Waals surface area contributed by atoms with E-state index in [9.17, 15) is 5.26 Å². The molecule has 0 spiro atoms. The van der Waals surface area contributed by atoms with Crippen molar-refractivity contribution in [1.29, 1.82) is 5.26 Å². The van der Waals surface area contributed by atoms with Gasteiger partial charge in [-0.05, 0) is 23.6 Å². The molecule has 1 aromatic carbocycles. The molecule has 108 valence electrons. The van der Waals surface area contributed by atoms with Gasteiger partial charge in [0.05, 0.1) is 5.56 Å². The van der Waals surface area contributed by atoms with Crippen molar-refractivity contribution in [3.63, 3.8) is 0 Å². The molecule has 21 heavy (non-hydrogen) atoms. The first-order valence-electron chi connectivity index (χ1n) is 6.91. The lowest BCUT2D eigenvalue weighted by Crippen LogP contribution is -2.29. The molecule has 0 unspecified atom stereocenters. The van der Waals surface area contributed by atoms with Crippen molar-refractivity contribution in [1.82, 2.24) is 4.90 Å². The minimum absolute atomic E-state index is 0.822. The third-order valence-electron chi connectivity index (χ3n) is 3.83. The predicted molar refractivity (Wildman–Crippen MR) is 87.9 cm³/mol. The number of nitriles is 1. The van der Waals surface area contributed by atoms with Crippen molar-refractivity contribution in [2.75, 3.05) is 18.9 Å². The van der Waals surface area contributed by atoms with Crippen LogP contribution in [0.3, 0.4) is 0 Å². The van der Waals surface area contributed by atoms with Gasteiger partial charge in [0.15, 0.2) is 0 Å². The Balaban J connectivity index is 1.81. The molecule has 0 saturated heterocycles. The molecule has 2 heterocycles. The molecule has 5 heteroatoms. The molecular weight excluding hydrogens is 302 g/mol. The van der Waals surface area contributed by atoms with Gasteiger partial charge in [-0.1, -0.05) is 29.8 Å². The number of nitrogens with one attached hydrogen (secondary N) is 1. The molecule has 1 aliphatic rings. The second-order valence-electron chi connectivity index (χ2n) is 5.12. The lowest BCUT2D eigenvalue weighted by Gasteiger charge is -2.27. The number of anilines is 1. The molecule has 3 nitrogen and oxygen atoms in total. The van der Waals surface area contributed by atoms with Crippen LogP contribution in [0.5, 0.6) is 0 Å². The number of hydrogen-bond acceptors (Lipinski definition) is 4. The summed E-state index contributed by atoms with van der Waals surface area (Å²) in [6.07, 6.45) is 0.931. The zero-order valence-electron chi connectivity index (χ0n) is 11.8. The number of thiophene rings is 1. The van der Waals surface area contributed by atoms with Crippen molar-refractivity contribution >= 4 is 27.9 Å². The minimum atomic E-state index is 0.822. The van der Waals surface area contributed by atoms with Crippen LogP contribution >= 0.6 is 22.9 Å². The average Bonchev–Trinajstić information content (AvgIpc) is 2.86. The van der Waals surface area contributed by atoms with E-state index in [1.807, 2.05) is 25.2 Å². The zero-order chi connectivity index (χ0) is 14.8. The molecule has 3 rings (SSSR count). The van der Waals surface area contributed by atoms with Gasteiger partial charge in [-0.3, -0.25) is 4.90 Å². The van der Waals surface area contributed by atoms with Crippen molar-refractivity contribution < 1.29 is 0 Å². The quantitative estimate of drug-likeness (QED) is 0.934. The van der Waals surface area contributed by atoms with E-state index in [0.717, 1.165) is 47.2 Å². The Hall–Kier alpha value is -1.54. The van der Waals surface area contributed by atoms with Crippen molar-refractivity contribution in [2.24, 2.45) is 0 Å². The van der Waals surface area contributed by atoms with Gasteiger partial charge in [0, 0.05) is 36.6 Å². The fourth-order valence-corrected chi connectivity index (χ4v) is 4.14. The molecule has 1 aliphatic heterocycles. The van der Waals surface area contributed by atoms with E-state index in [4.69, 9.17) is 11.6 Å². The third-order valence-corrected chi connectivity index (χ3v) is 5.43. The zero-order valence-corrected chi connectivity index (χ0v) is 13.4. The summed E-state index contributed by atoms with van der Waals surface area (Å²) in [5.41, 5.74) is 3.21. The number of hydrogen-bond donors (Lipinski definition) is 1. The van der Waals surface area contributed by atoms with Gasteiger partial charge in [0.1, 0.15) is 11.1 Å². The maximum absolute atomic E-state index is 9.32. The summed E-state index contributed by atoms with van der Waals surface area (Å²) in [5.74, 6) is 0. The lowest BCUT2D eigenvalue weighted by atomic mass is 10.0. The number of halogens is 1. The number of benzene rings is 1. The summed E-state index contributed by atoms with van der Waals surface area (Å²) < 4.78 is 0. The first-order chi connectivity index (χ1) is 10.2. The molecule has 0 saturated carbocycles.